The Kier molecular flexibility index (Phi) is 11.4. The van der Waals surface area contributed by atoms with Gasteiger partial charge in [0.15, 0.2) is 0 Å². The molecule has 0 saturated carbocycles. The van der Waals surface area contributed by atoms with Crippen molar-refractivity contribution in [2.45, 2.75) is 0 Å². The molecule has 0 amide bonds. The minimum atomic E-state index is 0.927. The second kappa shape index (κ2) is 19.6. The second-order valence-electron chi connectivity index (χ2n) is 20.3. The Labute approximate surface area is 461 Å². The molecule has 6 heteroatoms. The van der Waals surface area contributed by atoms with Crippen LogP contribution in [0.25, 0.3) is 154 Å². The van der Waals surface area contributed by atoms with E-state index in [2.05, 4.69) is 258 Å². The Balaban J connectivity index is 0.000000139. The van der Waals surface area contributed by atoms with E-state index in [1.807, 2.05) is 36.8 Å². The van der Waals surface area contributed by atoms with Crippen LogP contribution in [0.1, 0.15) is 0 Å². The maximum atomic E-state index is 5.22. The molecular formula is C74H46N6. The highest BCUT2D eigenvalue weighted by atomic mass is 14.8. The predicted octanol–water partition coefficient (Wildman–Crippen LogP) is 19.0. The van der Waals surface area contributed by atoms with Crippen LogP contribution in [0.5, 0.6) is 0 Å². The fourth-order valence-corrected chi connectivity index (χ4v) is 11.3. The van der Waals surface area contributed by atoms with Gasteiger partial charge in [-0.2, -0.15) is 0 Å². The van der Waals surface area contributed by atoms with Gasteiger partial charge in [-0.05, 0) is 110 Å². The summed E-state index contributed by atoms with van der Waals surface area (Å²) in [7, 11) is 0. The van der Waals surface area contributed by atoms with E-state index in [1.54, 1.807) is 0 Å². The van der Waals surface area contributed by atoms with Crippen LogP contribution in [0, 0.1) is 0 Å². The zero-order chi connectivity index (χ0) is 52.9. The van der Waals surface area contributed by atoms with Gasteiger partial charge in [0.1, 0.15) is 0 Å². The summed E-state index contributed by atoms with van der Waals surface area (Å²) in [6.07, 6.45) is 5.52. The molecule has 0 saturated heterocycles. The SMILES string of the molecule is c1ccc(-c2ccc3c(-c4ccc(-c5cccc6cccnc56)cc4)cc(-c4ccc5ccccc5c4)nc3c2)cc1.c1cnc2c(c1)ccc1ccc(-c3ccc4ccc(-c5ccc6ccc7cccnc7c6n5)cc4c3)nc12. The summed E-state index contributed by atoms with van der Waals surface area (Å²) in [4.78, 5) is 29.2. The molecule has 0 aliphatic carbocycles. The lowest BCUT2D eigenvalue weighted by atomic mass is 9.94. The zero-order valence-electron chi connectivity index (χ0n) is 43.2. The Morgan fingerprint density at radius 2 is 0.637 bits per heavy atom. The maximum absolute atomic E-state index is 5.22. The van der Waals surface area contributed by atoms with E-state index < -0.39 is 0 Å². The molecule has 0 spiro atoms. The van der Waals surface area contributed by atoms with E-state index in [0.717, 1.165) is 127 Å². The molecule has 0 aliphatic rings. The topological polar surface area (TPSA) is 77.3 Å². The summed E-state index contributed by atoms with van der Waals surface area (Å²) < 4.78 is 0. The number of para-hydroxylation sites is 1. The summed E-state index contributed by atoms with van der Waals surface area (Å²) in [5.41, 5.74) is 18.8. The molecule has 0 bridgehead atoms. The van der Waals surface area contributed by atoms with Crippen molar-refractivity contribution in [1.82, 2.24) is 29.9 Å². The summed E-state index contributed by atoms with van der Waals surface area (Å²) >= 11 is 0. The number of hydrogen-bond donors (Lipinski definition) is 0. The van der Waals surface area contributed by atoms with Crippen LogP contribution >= 0.6 is 0 Å². The highest BCUT2D eigenvalue weighted by Crippen LogP contribution is 2.38. The number of fused-ring (bicyclic) bond motifs is 10. The molecule has 372 valence electrons. The molecule has 16 rings (SSSR count). The van der Waals surface area contributed by atoms with Gasteiger partial charge < -0.3 is 0 Å². The fourth-order valence-electron chi connectivity index (χ4n) is 11.3. The summed E-state index contributed by atoms with van der Waals surface area (Å²) in [5, 5.41) is 11.4. The molecule has 0 fully saturated rings. The van der Waals surface area contributed by atoms with Crippen molar-refractivity contribution in [3.05, 3.63) is 279 Å². The summed E-state index contributed by atoms with van der Waals surface area (Å²) in [6, 6.07) is 91.7. The molecule has 0 atom stereocenters. The highest BCUT2D eigenvalue weighted by Gasteiger charge is 2.15. The number of benzene rings is 10. The smallest absolute Gasteiger partial charge is 0.0972 e. The van der Waals surface area contributed by atoms with E-state index in [9.17, 15) is 0 Å². The molecule has 10 aromatic carbocycles. The largest absolute Gasteiger partial charge is 0.256 e. The van der Waals surface area contributed by atoms with Crippen molar-refractivity contribution in [3.8, 4) is 67.2 Å². The third-order valence-electron chi connectivity index (χ3n) is 15.4. The first-order chi connectivity index (χ1) is 39.6. The van der Waals surface area contributed by atoms with Crippen molar-refractivity contribution in [2.24, 2.45) is 0 Å². The number of pyridine rings is 6. The summed E-state index contributed by atoms with van der Waals surface area (Å²) in [5.74, 6) is 0. The van der Waals surface area contributed by atoms with Gasteiger partial charge in [-0.25, -0.2) is 15.0 Å². The molecule has 6 heterocycles. The number of hydrogen-bond acceptors (Lipinski definition) is 6. The minimum absolute atomic E-state index is 0.927. The Bertz CT molecular complexity index is 4920. The number of nitrogens with zero attached hydrogens (tertiary/aromatic N) is 6. The lowest BCUT2D eigenvalue weighted by molar-refractivity contribution is 1.37. The van der Waals surface area contributed by atoms with Gasteiger partial charge >= 0.3 is 0 Å². The van der Waals surface area contributed by atoms with Crippen molar-refractivity contribution in [3.63, 3.8) is 0 Å². The van der Waals surface area contributed by atoms with Crippen molar-refractivity contribution in [1.29, 1.82) is 0 Å². The van der Waals surface area contributed by atoms with Gasteiger partial charge in [0, 0.05) is 73.2 Å². The Morgan fingerprint density at radius 3 is 1.26 bits per heavy atom. The van der Waals surface area contributed by atoms with Crippen LogP contribution in [0.3, 0.4) is 0 Å². The number of aromatic nitrogens is 6. The highest BCUT2D eigenvalue weighted by molar-refractivity contribution is 6.06. The average Bonchev–Trinajstić information content (AvgIpc) is 3.56. The molecule has 0 aliphatic heterocycles. The van der Waals surface area contributed by atoms with E-state index in [0.29, 0.717) is 0 Å². The van der Waals surface area contributed by atoms with Gasteiger partial charge in [-0.1, -0.05) is 200 Å². The van der Waals surface area contributed by atoms with E-state index in [-0.39, 0.29) is 0 Å². The molecule has 0 N–H and O–H groups in total. The van der Waals surface area contributed by atoms with Crippen LogP contribution < -0.4 is 0 Å². The normalized spacial score (nSPS) is 11.5. The predicted molar refractivity (Wildman–Crippen MR) is 332 cm³/mol. The van der Waals surface area contributed by atoms with Crippen LogP contribution in [0.2, 0.25) is 0 Å². The molecule has 0 unspecified atom stereocenters. The van der Waals surface area contributed by atoms with Gasteiger partial charge in [-0.15, -0.1) is 0 Å². The van der Waals surface area contributed by atoms with Crippen LogP contribution in [0.15, 0.2) is 279 Å². The first-order valence-corrected chi connectivity index (χ1v) is 26.9. The first kappa shape index (κ1) is 46.5. The van der Waals surface area contributed by atoms with E-state index >= 15 is 0 Å². The van der Waals surface area contributed by atoms with Gasteiger partial charge in [0.05, 0.1) is 50.2 Å². The van der Waals surface area contributed by atoms with E-state index in [4.69, 9.17) is 15.0 Å². The maximum Gasteiger partial charge on any atom is 0.0972 e. The Morgan fingerprint density at radius 1 is 0.200 bits per heavy atom. The van der Waals surface area contributed by atoms with Crippen molar-refractivity contribution in [2.75, 3.05) is 0 Å². The lowest BCUT2D eigenvalue weighted by Crippen LogP contribution is -1.91. The monoisotopic (exact) mass is 1020 g/mol. The third kappa shape index (κ3) is 8.58. The average molecular weight is 1020 g/mol. The minimum Gasteiger partial charge on any atom is -0.256 e. The van der Waals surface area contributed by atoms with Crippen molar-refractivity contribution >= 4 is 87.0 Å². The molecule has 80 heavy (non-hydrogen) atoms. The Hall–Kier alpha value is -10.8. The fraction of sp³-hybridized carbons (Fsp3) is 0. The summed E-state index contributed by atoms with van der Waals surface area (Å²) in [6.45, 7) is 0. The molecular weight excluding hydrogens is 973 g/mol. The third-order valence-corrected chi connectivity index (χ3v) is 15.4. The molecule has 0 radical (unpaired) electrons. The molecule has 6 nitrogen and oxygen atoms in total. The van der Waals surface area contributed by atoms with Gasteiger partial charge in [0.2, 0.25) is 0 Å². The standard InChI is InChI=1S/C40H26N2.C34H20N4/c1-2-8-27(9-3-1)33-21-22-36-37(26-38(42-39(36)25-33)34-20-15-28-10-4-5-11-32(28)24-34)30-18-16-29(17-19-30)35-14-6-12-31-13-7-23-41-40(31)35;1-3-22-7-9-24-13-15-29(37-33(24)31(22)35-17-1)26-11-5-21-6-12-27(20-28(21)19-26)30-16-14-25-10-8-23-4-2-18-36-32(23)34(25)38-30/h1-26H;1-20H. The van der Waals surface area contributed by atoms with Gasteiger partial charge in [0.25, 0.3) is 0 Å². The quantitative estimate of drug-likeness (QED) is 0.154. The second-order valence-corrected chi connectivity index (χ2v) is 20.3. The molecule has 16 aromatic rings. The lowest BCUT2D eigenvalue weighted by Gasteiger charge is -2.13. The number of rotatable bonds is 6. The van der Waals surface area contributed by atoms with Crippen LogP contribution in [-0.4, -0.2) is 29.9 Å². The van der Waals surface area contributed by atoms with Crippen LogP contribution in [0.4, 0.5) is 0 Å². The van der Waals surface area contributed by atoms with E-state index in [1.165, 1.54) is 27.3 Å². The molecule has 6 aromatic heterocycles. The van der Waals surface area contributed by atoms with Crippen molar-refractivity contribution < 1.29 is 0 Å². The first-order valence-electron chi connectivity index (χ1n) is 26.9. The van der Waals surface area contributed by atoms with Crippen LogP contribution in [-0.2, 0) is 0 Å². The van der Waals surface area contributed by atoms with Gasteiger partial charge in [-0.3, -0.25) is 15.0 Å². The zero-order valence-corrected chi connectivity index (χ0v) is 43.2.